The quantitative estimate of drug-likeness (QED) is 0.560. The molecule has 1 amide bonds. The Hall–Kier alpha value is -2.37. The van der Waals surface area contributed by atoms with Gasteiger partial charge in [-0.1, -0.05) is 35.9 Å². The lowest BCUT2D eigenvalue weighted by molar-refractivity contribution is -0.115. The third-order valence-electron chi connectivity index (χ3n) is 3.46. The Labute approximate surface area is 152 Å². The van der Waals surface area contributed by atoms with Crippen LogP contribution >= 0.6 is 11.6 Å². The van der Waals surface area contributed by atoms with Crippen LogP contribution in [0.2, 0.25) is 5.02 Å². The summed E-state index contributed by atoms with van der Waals surface area (Å²) < 4.78 is 4.99. The van der Waals surface area contributed by atoms with Crippen LogP contribution in [0.3, 0.4) is 0 Å². The second kappa shape index (κ2) is 9.81. The minimum absolute atomic E-state index is 0.151. The maximum atomic E-state index is 12.1. The normalized spacial score (nSPS) is 10.3. The lowest BCUT2D eigenvalue weighted by Gasteiger charge is -2.11. The van der Waals surface area contributed by atoms with E-state index in [0.29, 0.717) is 22.8 Å². The van der Waals surface area contributed by atoms with Crippen LogP contribution in [0.4, 0.5) is 5.69 Å². The molecule has 0 saturated carbocycles. The number of anilines is 1. The van der Waals surface area contributed by atoms with Crippen molar-refractivity contribution in [2.45, 2.75) is 13.3 Å². The highest BCUT2D eigenvalue weighted by molar-refractivity contribution is 6.30. The van der Waals surface area contributed by atoms with Gasteiger partial charge < -0.3 is 15.4 Å². The van der Waals surface area contributed by atoms with Crippen molar-refractivity contribution >= 4 is 29.2 Å². The zero-order chi connectivity index (χ0) is 18.1. The molecule has 6 heteroatoms. The molecule has 0 unspecified atom stereocenters. The topological polar surface area (TPSA) is 67.4 Å². The molecular weight excluding hydrogens is 340 g/mol. The molecule has 0 spiro atoms. The Kier molecular flexibility index (Phi) is 7.44. The van der Waals surface area contributed by atoms with E-state index in [-0.39, 0.29) is 19.1 Å². The average molecular weight is 361 g/mol. The Bertz CT molecular complexity index is 734. The predicted octanol–water partition coefficient (Wildman–Crippen LogP) is 3.29. The third-order valence-corrected chi connectivity index (χ3v) is 3.70. The molecule has 0 fully saturated rings. The van der Waals surface area contributed by atoms with Crippen LogP contribution in [0.25, 0.3) is 0 Å². The maximum absolute atomic E-state index is 12.1. The zero-order valence-corrected chi connectivity index (χ0v) is 14.8. The maximum Gasteiger partial charge on any atom is 0.340 e. The smallest absolute Gasteiger partial charge is 0.340 e. The number of esters is 1. The second-order valence-corrected chi connectivity index (χ2v) is 5.81. The highest BCUT2D eigenvalue weighted by Gasteiger charge is 2.13. The standard InChI is InChI=1S/C19H21ClN2O3/c1-2-25-19(24)16-8-3-4-9-17(16)22-18(23)13-21-11-10-14-6-5-7-15(20)12-14/h3-9,12,21H,2,10-11,13H2,1H3,(H,22,23). The number of nitrogens with one attached hydrogen (secondary N) is 2. The van der Waals surface area contributed by atoms with Crippen molar-refractivity contribution in [1.29, 1.82) is 0 Å². The van der Waals surface area contributed by atoms with Crippen LogP contribution in [0, 0.1) is 0 Å². The Morgan fingerprint density at radius 1 is 1.12 bits per heavy atom. The van der Waals surface area contributed by atoms with Gasteiger partial charge in [0.05, 0.1) is 24.4 Å². The number of hydrogen-bond acceptors (Lipinski definition) is 4. The molecular formula is C19H21ClN2O3. The van der Waals surface area contributed by atoms with E-state index in [1.165, 1.54) is 0 Å². The summed E-state index contributed by atoms with van der Waals surface area (Å²) in [6.07, 6.45) is 0.771. The van der Waals surface area contributed by atoms with Crippen molar-refractivity contribution < 1.29 is 14.3 Å². The van der Waals surface area contributed by atoms with Crippen molar-refractivity contribution in [2.75, 3.05) is 25.0 Å². The number of ether oxygens (including phenoxy) is 1. The number of amides is 1. The van der Waals surface area contributed by atoms with E-state index in [9.17, 15) is 9.59 Å². The van der Waals surface area contributed by atoms with Crippen molar-refractivity contribution in [2.24, 2.45) is 0 Å². The number of para-hydroxylation sites is 1. The summed E-state index contributed by atoms with van der Waals surface area (Å²) in [5, 5.41) is 6.51. The van der Waals surface area contributed by atoms with Gasteiger partial charge in [0.2, 0.25) is 5.91 Å². The van der Waals surface area contributed by atoms with Gasteiger partial charge in [0.15, 0.2) is 0 Å². The summed E-state index contributed by atoms with van der Waals surface area (Å²) in [5.41, 5.74) is 1.90. The lowest BCUT2D eigenvalue weighted by Crippen LogP contribution is -2.30. The van der Waals surface area contributed by atoms with E-state index in [2.05, 4.69) is 10.6 Å². The van der Waals surface area contributed by atoms with Crippen LogP contribution in [-0.4, -0.2) is 31.6 Å². The summed E-state index contributed by atoms with van der Waals surface area (Å²) >= 11 is 5.94. The lowest BCUT2D eigenvalue weighted by atomic mass is 10.1. The first-order valence-corrected chi connectivity index (χ1v) is 8.49. The Morgan fingerprint density at radius 3 is 2.68 bits per heavy atom. The van der Waals surface area contributed by atoms with Gasteiger partial charge in [-0.25, -0.2) is 4.79 Å². The molecule has 0 saturated heterocycles. The fourth-order valence-corrected chi connectivity index (χ4v) is 2.51. The van der Waals surface area contributed by atoms with E-state index < -0.39 is 5.97 Å². The molecule has 2 rings (SSSR count). The van der Waals surface area contributed by atoms with Gasteiger partial charge in [0.25, 0.3) is 0 Å². The number of benzene rings is 2. The molecule has 0 bridgehead atoms. The highest BCUT2D eigenvalue weighted by Crippen LogP contribution is 2.16. The predicted molar refractivity (Wildman–Crippen MR) is 99.1 cm³/mol. The molecule has 0 aliphatic carbocycles. The SMILES string of the molecule is CCOC(=O)c1ccccc1NC(=O)CNCCc1cccc(Cl)c1. The number of carbonyl (C=O) groups is 2. The molecule has 0 atom stereocenters. The summed E-state index contributed by atoms with van der Waals surface area (Å²) in [7, 11) is 0. The van der Waals surface area contributed by atoms with Crippen LogP contribution in [0.15, 0.2) is 48.5 Å². The summed E-state index contributed by atoms with van der Waals surface area (Å²) in [4.78, 5) is 24.0. The molecule has 25 heavy (non-hydrogen) atoms. The van der Waals surface area contributed by atoms with Gasteiger partial charge in [0.1, 0.15) is 0 Å². The molecule has 132 valence electrons. The minimum atomic E-state index is -0.452. The van der Waals surface area contributed by atoms with Crippen LogP contribution in [0.5, 0.6) is 0 Å². The van der Waals surface area contributed by atoms with Gasteiger partial charge in [-0.05, 0) is 49.7 Å². The fraction of sp³-hybridized carbons (Fsp3) is 0.263. The van der Waals surface area contributed by atoms with E-state index in [0.717, 1.165) is 12.0 Å². The summed E-state index contributed by atoms with van der Waals surface area (Å²) in [6.45, 7) is 2.82. The first kappa shape index (κ1) is 19.0. The molecule has 0 aliphatic heterocycles. The van der Waals surface area contributed by atoms with Gasteiger partial charge >= 0.3 is 5.97 Å². The minimum Gasteiger partial charge on any atom is -0.462 e. The molecule has 2 N–H and O–H groups in total. The number of carbonyl (C=O) groups excluding carboxylic acids is 2. The van der Waals surface area contributed by atoms with E-state index in [1.807, 2.05) is 24.3 Å². The highest BCUT2D eigenvalue weighted by atomic mass is 35.5. The molecule has 2 aromatic carbocycles. The first-order chi connectivity index (χ1) is 12.1. The van der Waals surface area contributed by atoms with Crippen LogP contribution in [-0.2, 0) is 16.0 Å². The van der Waals surface area contributed by atoms with Crippen LogP contribution < -0.4 is 10.6 Å². The molecule has 0 heterocycles. The molecule has 0 aromatic heterocycles. The van der Waals surface area contributed by atoms with Gasteiger partial charge in [0, 0.05) is 5.02 Å². The first-order valence-electron chi connectivity index (χ1n) is 8.11. The van der Waals surface area contributed by atoms with Crippen LogP contribution in [0.1, 0.15) is 22.8 Å². The van der Waals surface area contributed by atoms with E-state index >= 15 is 0 Å². The van der Waals surface area contributed by atoms with E-state index in [1.54, 1.807) is 31.2 Å². The summed E-state index contributed by atoms with van der Waals surface area (Å²) in [5.74, 6) is -0.671. The average Bonchev–Trinajstić information content (AvgIpc) is 2.59. The Morgan fingerprint density at radius 2 is 1.92 bits per heavy atom. The van der Waals surface area contributed by atoms with Crippen molar-refractivity contribution in [3.8, 4) is 0 Å². The van der Waals surface area contributed by atoms with Crippen molar-refractivity contribution in [1.82, 2.24) is 5.32 Å². The van der Waals surface area contributed by atoms with Gasteiger partial charge in [-0.15, -0.1) is 0 Å². The number of halogens is 1. The molecule has 5 nitrogen and oxygen atoms in total. The van der Waals surface area contributed by atoms with Crippen molar-refractivity contribution in [3.05, 3.63) is 64.7 Å². The monoisotopic (exact) mass is 360 g/mol. The number of rotatable bonds is 8. The molecule has 0 aliphatic rings. The largest absolute Gasteiger partial charge is 0.462 e. The van der Waals surface area contributed by atoms with Gasteiger partial charge in [-0.3, -0.25) is 4.79 Å². The zero-order valence-electron chi connectivity index (χ0n) is 14.0. The third kappa shape index (κ3) is 6.21. The van der Waals surface area contributed by atoms with E-state index in [4.69, 9.17) is 16.3 Å². The molecule has 2 aromatic rings. The second-order valence-electron chi connectivity index (χ2n) is 5.37. The molecule has 0 radical (unpaired) electrons. The number of hydrogen-bond donors (Lipinski definition) is 2. The Balaban J connectivity index is 1.81. The van der Waals surface area contributed by atoms with Gasteiger partial charge in [-0.2, -0.15) is 0 Å². The fourth-order valence-electron chi connectivity index (χ4n) is 2.30. The van der Waals surface area contributed by atoms with Crippen molar-refractivity contribution in [3.63, 3.8) is 0 Å². The summed E-state index contributed by atoms with van der Waals surface area (Å²) in [6, 6.07) is 14.4.